The molecule has 0 aromatic rings. The van der Waals surface area contributed by atoms with E-state index in [1.807, 2.05) is 13.8 Å². The van der Waals surface area contributed by atoms with Crippen molar-refractivity contribution in [1.29, 1.82) is 0 Å². The van der Waals surface area contributed by atoms with Crippen LogP contribution in [0.5, 0.6) is 0 Å². The summed E-state index contributed by atoms with van der Waals surface area (Å²) >= 11 is 0. The second kappa shape index (κ2) is 5.50. The molecule has 3 nitrogen and oxygen atoms in total. The van der Waals surface area contributed by atoms with Crippen molar-refractivity contribution in [1.82, 2.24) is 0 Å². The Kier molecular flexibility index (Phi) is 5.43. The van der Waals surface area contributed by atoms with E-state index in [0.717, 1.165) is 8.58 Å². The van der Waals surface area contributed by atoms with E-state index in [1.54, 1.807) is 0 Å². The minimum Gasteiger partial charge on any atom is -0.481 e. The van der Waals surface area contributed by atoms with E-state index < -0.39 is 5.97 Å². The number of hydrogen-bond donors (Lipinski definition) is 1. The number of carbonyl (C=O) groups is 1. The van der Waals surface area contributed by atoms with Crippen molar-refractivity contribution in [3.8, 4) is 0 Å². The first kappa shape index (κ1) is 11.9. The zero-order valence-electron chi connectivity index (χ0n) is 7.89. The largest absolute Gasteiger partial charge is 0.481 e. The summed E-state index contributed by atoms with van der Waals surface area (Å²) in [4.78, 5) is 10.1. The predicted molar refractivity (Wildman–Crippen MR) is 51.1 cm³/mol. The highest BCUT2D eigenvalue weighted by Crippen LogP contribution is 2.28. The van der Waals surface area contributed by atoms with E-state index in [-0.39, 0.29) is 11.8 Å². The quantitative estimate of drug-likeness (QED) is 0.516. The van der Waals surface area contributed by atoms with Crippen LogP contribution in [-0.4, -0.2) is 29.7 Å². The van der Waals surface area contributed by atoms with Crippen LogP contribution in [0.1, 0.15) is 26.7 Å². The third-order valence-electron chi connectivity index (χ3n) is 1.60. The van der Waals surface area contributed by atoms with Gasteiger partial charge in [-0.25, -0.2) is 0 Å². The molecule has 1 unspecified atom stereocenters. The van der Waals surface area contributed by atoms with Gasteiger partial charge in [0.2, 0.25) is 0 Å². The Morgan fingerprint density at radius 1 is 1.58 bits per heavy atom. The van der Waals surface area contributed by atoms with E-state index >= 15 is 0 Å². The van der Waals surface area contributed by atoms with Gasteiger partial charge in [0.25, 0.3) is 0 Å². The van der Waals surface area contributed by atoms with Crippen LogP contribution in [0.15, 0.2) is 0 Å². The fraction of sp³-hybridized carbons (Fsp3) is 0.875. The van der Waals surface area contributed by atoms with Crippen molar-refractivity contribution in [3.63, 3.8) is 0 Å². The molecule has 0 aromatic carbocycles. The number of carboxylic acids is 1. The highest BCUT2D eigenvalue weighted by atomic mass is 31.1. The van der Waals surface area contributed by atoms with Crippen LogP contribution in [0, 0.1) is 0 Å². The topological polar surface area (TPSA) is 46.5 Å². The van der Waals surface area contributed by atoms with E-state index in [9.17, 15) is 4.79 Å². The molecule has 0 saturated heterocycles. The Labute approximate surface area is 75.3 Å². The minimum atomic E-state index is -0.754. The molecular weight excluding hydrogens is 175 g/mol. The molecule has 12 heavy (non-hydrogen) atoms. The van der Waals surface area contributed by atoms with E-state index in [1.165, 1.54) is 0 Å². The van der Waals surface area contributed by atoms with Gasteiger partial charge in [-0.2, -0.15) is 0 Å². The summed E-state index contributed by atoms with van der Waals surface area (Å²) in [7, 11) is 0.721. The molecule has 0 aliphatic rings. The zero-order valence-corrected chi connectivity index (χ0v) is 8.89. The molecule has 0 aromatic heterocycles. The lowest BCUT2D eigenvalue weighted by Gasteiger charge is -2.23. The van der Waals surface area contributed by atoms with Crippen LogP contribution in [0.4, 0.5) is 0 Å². The molecule has 0 rings (SSSR count). The molecule has 0 bridgehead atoms. The molecular formula is C8H17O3P. The fourth-order valence-corrected chi connectivity index (χ4v) is 0.869. The smallest absolute Gasteiger partial charge is 0.303 e. The summed E-state index contributed by atoms with van der Waals surface area (Å²) in [6, 6.07) is 0. The van der Waals surface area contributed by atoms with Crippen LogP contribution in [0.2, 0.25) is 0 Å². The maximum Gasteiger partial charge on any atom is 0.303 e. The average Bonchev–Trinajstić information content (AvgIpc) is 1.98. The number of ether oxygens (including phenoxy) is 1. The highest BCUT2D eigenvalue weighted by molar-refractivity contribution is 7.38. The van der Waals surface area contributed by atoms with Gasteiger partial charge in [-0.05, 0) is 26.9 Å². The fourth-order valence-electron chi connectivity index (χ4n) is 0.623. The highest BCUT2D eigenvalue weighted by Gasteiger charge is 2.14. The Morgan fingerprint density at radius 2 is 2.17 bits per heavy atom. The Balaban J connectivity index is 3.37. The molecule has 0 aliphatic heterocycles. The Hall–Kier alpha value is -0.140. The van der Waals surface area contributed by atoms with Crippen LogP contribution in [-0.2, 0) is 9.53 Å². The first-order valence-corrected chi connectivity index (χ1v) is 5.52. The summed E-state index contributed by atoms with van der Waals surface area (Å²) in [5, 5.41) is 8.26. The third-order valence-corrected chi connectivity index (χ3v) is 2.95. The number of rotatable bonds is 6. The normalized spacial score (nSPS) is 12.6. The van der Waals surface area contributed by atoms with Crippen molar-refractivity contribution in [2.24, 2.45) is 0 Å². The molecule has 0 heterocycles. The van der Waals surface area contributed by atoms with Gasteiger partial charge in [-0.15, -0.1) is 0 Å². The molecule has 0 spiro atoms. The molecule has 0 radical (unpaired) electrons. The monoisotopic (exact) mass is 192 g/mol. The molecule has 72 valence electrons. The summed E-state index contributed by atoms with van der Waals surface area (Å²) in [6.07, 6.45) is 0.798. The van der Waals surface area contributed by atoms with Crippen molar-refractivity contribution >= 4 is 14.6 Å². The van der Waals surface area contributed by atoms with Gasteiger partial charge in [0.1, 0.15) is 0 Å². The lowest BCUT2D eigenvalue weighted by atomic mass is 10.3. The van der Waals surface area contributed by atoms with Gasteiger partial charge in [-0.3, -0.25) is 4.79 Å². The Morgan fingerprint density at radius 3 is 2.58 bits per heavy atom. The third kappa shape index (κ3) is 6.56. The summed E-state index contributed by atoms with van der Waals surface area (Å²) in [5.41, 5.74) is 0. The molecule has 1 N–H and O–H groups in total. The van der Waals surface area contributed by atoms with Crippen LogP contribution in [0.25, 0.3) is 0 Å². The van der Waals surface area contributed by atoms with Crippen LogP contribution >= 0.6 is 8.58 Å². The van der Waals surface area contributed by atoms with E-state index in [4.69, 9.17) is 9.84 Å². The molecule has 4 heteroatoms. The maximum absolute atomic E-state index is 10.1. The van der Waals surface area contributed by atoms with E-state index in [0.29, 0.717) is 13.0 Å². The summed E-state index contributed by atoms with van der Waals surface area (Å²) in [5.74, 6) is -0.754. The SMILES string of the molecule is CPC(C)(C)OCCCC(=O)O. The molecule has 0 amide bonds. The summed E-state index contributed by atoms with van der Waals surface area (Å²) < 4.78 is 5.48. The van der Waals surface area contributed by atoms with Gasteiger partial charge >= 0.3 is 5.97 Å². The van der Waals surface area contributed by atoms with Crippen molar-refractivity contribution in [2.75, 3.05) is 13.3 Å². The van der Waals surface area contributed by atoms with Crippen molar-refractivity contribution in [3.05, 3.63) is 0 Å². The van der Waals surface area contributed by atoms with Gasteiger partial charge in [0.05, 0.1) is 5.34 Å². The van der Waals surface area contributed by atoms with Crippen LogP contribution < -0.4 is 0 Å². The molecule has 1 atom stereocenters. The van der Waals surface area contributed by atoms with E-state index in [2.05, 4.69) is 6.66 Å². The van der Waals surface area contributed by atoms with Crippen molar-refractivity contribution in [2.45, 2.75) is 32.0 Å². The lowest BCUT2D eigenvalue weighted by Crippen LogP contribution is -2.18. The second-order valence-corrected chi connectivity index (χ2v) is 4.81. The number of carboxylic acid groups (broad SMARTS) is 1. The van der Waals surface area contributed by atoms with Gasteiger partial charge < -0.3 is 9.84 Å². The Bertz CT molecular complexity index is 145. The van der Waals surface area contributed by atoms with Crippen LogP contribution in [0.3, 0.4) is 0 Å². The lowest BCUT2D eigenvalue weighted by molar-refractivity contribution is -0.137. The first-order valence-electron chi connectivity index (χ1n) is 4.02. The van der Waals surface area contributed by atoms with Gasteiger partial charge in [0, 0.05) is 13.0 Å². The van der Waals surface area contributed by atoms with Gasteiger partial charge in [0.15, 0.2) is 0 Å². The number of hydrogen-bond acceptors (Lipinski definition) is 2. The first-order chi connectivity index (χ1) is 5.48. The second-order valence-electron chi connectivity index (χ2n) is 3.11. The average molecular weight is 192 g/mol. The zero-order chi connectivity index (χ0) is 9.61. The minimum absolute atomic E-state index is 0.0848. The maximum atomic E-state index is 10.1. The predicted octanol–water partition coefficient (Wildman–Crippen LogP) is 1.91. The number of aliphatic carboxylic acids is 1. The van der Waals surface area contributed by atoms with Crippen molar-refractivity contribution < 1.29 is 14.6 Å². The molecule has 0 aliphatic carbocycles. The molecule has 0 saturated carbocycles. The standard InChI is InChI=1S/C8H17O3P/c1-8(2,12-3)11-6-4-5-7(9)10/h12H,4-6H2,1-3H3,(H,9,10). The summed E-state index contributed by atoms with van der Waals surface area (Å²) in [6.45, 7) is 6.66. The van der Waals surface area contributed by atoms with Gasteiger partial charge in [-0.1, -0.05) is 8.58 Å². The molecule has 0 fully saturated rings.